The lowest BCUT2D eigenvalue weighted by atomic mass is 9.95. The molecule has 0 saturated carbocycles. The zero-order valence-corrected chi connectivity index (χ0v) is 19.8. The molecule has 0 N–H and O–H groups in total. The summed E-state index contributed by atoms with van der Waals surface area (Å²) >= 11 is 0. The van der Waals surface area contributed by atoms with E-state index in [2.05, 4.69) is 0 Å². The quantitative estimate of drug-likeness (QED) is 0.208. The number of hydrogen-bond donors (Lipinski definition) is 0. The third-order valence-corrected chi connectivity index (χ3v) is 6.44. The van der Waals surface area contributed by atoms with Gasteiger partial charge < -0.3 is 9.30 Å². The van der Waals surface area contributed by atoms with Crippen molar-refractivity contribution in [1.82, 2.24) is 4.57 Å². The van der Waals surface area contributed by atoms with Crippen LogP contribution in [0.25, 0.3) is 22.0 Å². The van der Waals surface area contributed by atoms with Crippen LogP contribution in [0.1, 0.15) is 39.0 Å². The van der Waals surface area contributed by atoms with Crippen LogP contribution < -0.4 is 10.3 Å². The van der Waals surface area contributed by atoms with Crippen molar-refractivity contribution in [2.75, 3.05) is 0 Å². The molecular weight excluding hydrogens is 512 g/mol. The highest BCUT2D eigenvalue weighted by Gasteiger charge is 2.38. The molecular formula is C28H19F6NO3. The van der Waals surface area contributed by atoms with Gasteiger partial charge in [-0.1, -0.05) is 36.4 Å². The van der Waals surface area contributed by atoms with Crippen LogP contribution in [0.5, 0.6) is 5.75 Å². The lowest BCUT2D eigenvalue weighted by Crippen LogP contribution is -2.27. The molecule has 10 heteroatoms. The Bertz CT molecular complexity index is 1600. The first-order chi connectivity index (χ1) is 17.8. The maximum absolute atomic E-state index is 13.7. The van der Waals surface area contributed by atoms with E-state index in [0.717, 1.165) is 11.1 Å². The maximum Gasteiger partial charge on any atom is 0.416 e. The van der Waals surface area contributed by atoms with Gasteiger partial charge in [0.05, 0.1) is 27.8 Å². The number of alkyl halides is 6. The van der Waals surface area contributed by atoms with E-state index in [0.29, 0.717) is 48.0 Å². The molecule has 0 aliphatic carbocycles. The van der Waals surface area contributed by atoms with E-state index in [1.54, 1.807) is 47.9 Å². The predicted molar refractivity (Wildman–Crippen MR) is 128 cm³/mol. The average molecular weight is 531 g/mol. The van der Waals surface area contributed by atoms with Gasteiger partial charge in [0.25, 0.3) is 5.56 Å². The zero-order valence-electron chi connectivity index (χ0n) is 19.8. The summed E-state index contributed by atoms with van der Waals surface area (Å²) in [7, 11) is 0. The Morgan fingerprint density at radius 2 is 1.53 bits per heavy atom. The van der Waals surface area contributed by atoms with Crippen molar-refractivity contribution >= 4 is 16.9 Å². The Morgan fingerprint density at radius 3 is 2.13 bits per heavy atom. The smallest absolute Gasteiger partial charge is 0.416 e. The molecule has 0 amide bonds. The van der Waals surface area contributed by atoms with Gasteiger partial charge in [-0.25, -0.2) is 4.79 Å². The molecule has 38 heavy (non-hydrogen) atoms. The second kappa shape index (κ2) is 9.04. The summed E-state index contributed by atoms with van der Waals surface area (Å²) in [6.07, 6.45) is -8.93. The highest BCUT2D eigenvalue weighted by atomic mass is 19.4. The molecule has 0 atom stereocenters. The monoisotopic (exact) mass is 531 g/mol. The molecule has 0 saturated heterocycles. The normalized spacial score (nSPS) is 13.6. The molecule has 4 aromatic rings. The molecule has 5 rings (SSSR count). The number of ether oxygens (including phenoxy) is 1. The number of carbonyl (C=O) groups is 1. The first-order valence-corrected chi connectivity index (χ1v) is 11.6. The molecule has 0 unspecified atom stereocenters. The van der Waals surface area contributed by atoms with Crippen molar-refractivity contribution in [3.05, 3.63) is 98.8 Å². The number of aryl methyl sites for hydroxylation is 3. The number of nitrogens with zero attached hydrogens (tertiary/aromatic N) is 1. The summed E-state index contributed by atoms with van der Waals surface area (Å²) in [6, 6.07) is 12.4. The second-order valence-electron chi connectivity index (χ2n) is 9.13. The largest absolute Gasteiger partial charge is 0.421 e. The number of hydrogen-bond acceptors (Lipinski definition) is 3. The van der Waals surface area contributed by atoms with Gasteiger partial charge in [0.15, 0.2) is 5.75 Å². The molecule has 3 aromatic carbocycles. The predicted octanol–water partition coefficient (Wildman–Crippen LogP) is 7.18. The van der Waals surface area contributed by atoms with Crippen LogP contribution in [0.3, 0.4) is 0 Å². The van der Waals surface area contributed by atoms with Crippen molar-refractivity contribution in [3.63, 3.8) is 0 Å². The highest BCUT2D eigenvalue weighted by molar-refractivity contribution is 6.00. The summed E-state index contributed by atoms with van der Waals surface area (Å²) in [5, 5.41) is 0.370. The average Bonchev–Trinajstić information content (AvgIpc) is 2.86. The highest BCUT2D eigenvalue weighted by Crippen LogP contribution is 2.40. The zero-order chi connectivity index (χ0) is 27.4. The first-order valence-electron chi connectivity index (χ1n) is 11.6. The molecule has 196 valence electrons. The Labute approximate surface area is 212 Å². The van der Waals surface area contributed by atoms with Gasteiger partial charge >= 0.3 is 18.3 Å². The molecule has 1 aromatic heterocycles. The molecule has 0 radical (unpaired) electrons. The molecule has 1 aliphatic rings. The third-order valence-electron chi connectivity index (χ3n) is 6.44. The second-order valence-corrected chi connectivity index (χ2v) is 9.13. The number of halogens is 6. The molecule has 1 aliphatic heterocycles. The minimum Gasteiger partial charge on any atom is -0.421 e. The standard InChI is InChI=1S/C28H19F6NO3/c1-15-10-17-8-5-9-35-23(17)21(11-15)24(22(25(35)36)16-6-3-2-4-7-16)38-26(37)18-12-19(27(29,30)31)14-20(13-18)28(32,33)34/h2-4,6-7,10-14H,5,8-9H2,1H3. The first kappa shape index (κ1) is 25.6. The van der Waals surface area contributed by atoms with Crippen molar-refractivity contribution in [2.45, 2.75) is 38.7 Å². The Balaban J connectivity index is 1.76. The van der Waals surface area contributed by atoms with Crippen molar-refractivity contribution < 1.29 is 35.9 Å². The topological polar surface area (TPSA) is 48.3 Å². The van der Waals surface area contributed by atoms with Gasteiger partial charge in [0.1, 0.15) is 0 Å². The Morgan fingerprint density at radius 1 is 0.895 bits per heavy atom. The number of carbonyl (C=O) groups excluding carboxylic acids is 1. The minimum absolute atomic E-state index is 0.00655. The lowest BCUT2D eigenvalue weighted by molar-refractivity contribution is -0.143. The van der Waals surface area contributed by atoms with Crippen LogP contribution in [-0.4, -0.2) is 10.5 Å². The van der Waals surface area contributed by atoms with E-state index in [1.165, 1.54) is 0 Å². The lowest BCUT2D eigenvalue weighted by Gasteiger charge is -2.24. The van der Waals surface area contributed by atoms with Gasteiger partial charge in [0.2, 0.25) is 0 Å². The Kier molecular flexibility index (Phi) is 6.08. The van der Waals surface area contributed by atoms with Crippen molar-refractivity contribution in [3.8, 4) is 16.9 Å². The molecule has 0 spiro atoms. The number of rotatable bonds is 3. The van der Waals surface area contributed by atoms with Crippen LogP contribution in [0.4, 0.5) is 26.3 Å². The number of benzene rings is 3. The summed E-state index contributed by atoms with van der Waals surface area (Å²) in [5.74, 6) is -1.66. The van der Waals surface area contributed by atoms with Gasteiger partial charge in [-0.3, -0.25) is 4.79 Å². The number of aromatic nitrogens is 1. The summed E-state index contributed by atoms with van der Waals surface area (Å²) in [4.78, 5) is 26.9. The minimum atomic E-state index is -5.14. The van der Waals surface area contributed by atoms with Gasteiger partial charge in [-0.2, -0.15) is 26.3 Å². The summed E-state index contributed by atoms with van der Waals surface area (Å²) < 4.78 is 87.5. The van der Waals surface area contributed by atoms with E-state index in [1.807, 2.05) is 6.07 Å². The van der Waals surface area contributed by atoms with Gasteiger partial charge in [0, 0.05) is 11.9 Å². The number of esters is 1. The van der Waals surface area contributed by atoms with Crippen LogP contribution in [0.15, 0.2) is 65.5 Å². The van der Waals surface area contributed by atoms with Crippen LogP contribution in [0.2, 0.25) is 0 Å². The van der Waals surface area contributed by atoms with Gasteiger partial charge in [-0.15, -0.1) is 0 Å². The van der Waals surface area contributed by atoms with E-state index < -0.39 is 40.6 Å². The van der Waals surface area contributed by atoms with Crippen LogP contribution in [0, 0.1) is 6.92 Å². The molecule has 2 heterocycles. The fourth-order valence-electron chi connectivity index (χ4n) is 4.84. The van der Waals surface area contributed by atoms with Crippen molar-refractivity contribution in [2.24, 2.45) is 0 Å². The van der Waals surface area contributed by atoms with E-state index in [-0.39, 0.29) is 17.4 Å². The maximum atomic E-state index is 13.7. The molecule has 0 fully saturated rings. The SMILES string of the molecule is Cc1cc2c3c(c1)c(OC(=O)c1cc(C(F)(F)F)cc(C(F)(F)F)c1)c(-c1ccccc1)c(=O)n3CCC2. The molecule has 0 bridgehead atoms. The van der Waals surface area contributed by atoms with Crippen LogP contribution >= 0.6 is 0 Å². The van der Waals surface area contributed by atoms with E-state index >= 15 is 0 Å². The Hall–Kier alpha value is -4.08. The fourth-order valence-corrected chi connectivity index (χ4v) is 4.84. The van der Waals surface area contributed by atoms with Crippen LogP contribution in [-0.2, 0) is 25.3 Å². The van der Waals surface area contributed by atoms with Crippen molar-refractivity contribution in [1.29, 1.82) is 0 Å². The van der Waals surface area contributed by atoms with E-state index in [4.69, 9.17) is 4.74 Å². The summed E-state index contributed by atoms with van der Waals surface area (Å²) in [6.45, 7) is 2.21. The van der Waals surface area contributed by atoms with Gasteiger partial charge in [-0.05, 0) is 60.7 Å². The number of pyridine rings is 1. The van der Waals surface area contributed by atoms with E-state index in [9.17, 15) is 35.9 Å². The third kappa shape index (κ3) is 4.55. The summed E-state index contributed by atoms with van der Waals surface area (Å²) in [5.41, 5.74) is -2.18. The fraction of sp³-hybridized carbons (Fsp3) is 0.214. The molecule has 4 nitrogen and oxygen atoms in total.